The third-order valence-electron chi connectivity index (χ3n) is 3.30. The Bertz CT molecular complexity index is 489. The zero-order valence-corrected chi connectivity index (χ0v) is 12.2. The molecular formula is C15H21N3OS. The molecule has 0 aliphatic rings. The summed E-state index contributed by atoms with van der Waals surface area (Å²) in [6.45, 7) is 0. The van der Waals surface area contributed by atoms with Gasteiger partial charge >= 0.3 is 0 Å². The second-order valence-corrected chi connectivity index (χ2v) is 6.06. The molecule has 4 nitrogen and oxygen atoms in total. The van der Waals surface area contributed by atoms with Gasteiger partial charge in [-0.1, -0.05) is 30.3 Å². The largest absolute Gasteiger partial charge is 0.391 e. The number of nitrogens with zero attached hydrogens (tertiary/aromatic N) is 1. The maximum Gasteiger partial charge on any atom is 0.0794 e. The van der Waals surface area contributed by atoms with Crippen molar-refractivity contribution in [2.75, 3.05) is 0 Å². The lowest BCUT2D eigenvalue weighted by atomic mass is 9.96. The lowest BCUT2D eigenvalue weighted by Crippen LogP contribution is -2.41. The molecule has 2 rings (SSSR count). The van der Waals surface area contributed by atoms with Crippen molar-refractivity contribution in [1.82, 2.24) is 4.98 Å². The standard InChI is InChI=1S/C15H21N3OS/c16-12(7-13-9-18-10-20-13)8-15(19)14(17)6-11-4-2-1-3-5-11/h1-5,9-10,12,14-15,19H,6-8,16-17H2. The molecule has 0 saturated carbocycles. The molecule has 0 radical (unpaired) electrons. The van der Waals surface area contributed by atoms with E-state index in [1.807, 2.05) is 36.5 Å². The Morgan fingerprint density at radius 2 is 1.90 bits per heavy atom. The molecular weight excluding hydrogens is 270 g/mol. The molecule has 0 saturated heterocycles. The van der Waals surface area contributed by atoms with Crippen LogP contribution in [0.4, 0.5) is 0 Å². The van der Waals surface area contributed by atoms with Gasteiger partial charge in [-0.2, -0.15) is 0 Å². The first-order valence-corrected chi connectivity index (χ1v) is 7.63. The second-order valence-electron chi connectivity index (χ2n) is 5.09. The van der Waals surface area contributed by atoms with Crippen LogP contribution in [0.1, 0.15) is 16.9 Å². The zero-order chi connectivity index (χ0) is 14.4. The number of thiazole rings is 1. The van der Waals surface area contributed by atoms with E-state index in [-0.39, 0.29) is 12.1 Å². The monoisotopic (exact) mass is 291 g/mol. The van der Waals surface area contributed by atoms with Gasteiger partial charge in [-0.3, -0.25) is 4.98 Å². The predicted molar refractivity (Wildman–Crippen MR) is 82.5 cm³/mol. The van der Waals surface area contributed by atoms with Gasteiger partial charge in [-0.05, 0) is 24.8 Å². The molecule has 0 bridgehead atoms. The Morgan fingerprint density at radius 1 is 1.15 bits per heavy atom. The van der Waals surface area contributed by atoms with Gasteiger partial charge in [0.05, 0.1) is 11.6 Å². The summed E-state index contributed by atoms with van der Waals surface area (Å²) in [7, 11) is 0. The Morgan fingerprint density at radius 3 is 2.55 bits per heavy atom. The minimum atomic E-state index is -0.585. The third-order valence-corrected chi connectivity index (χ3v) is 4.10. The van der Waals surface area contributed by atoms with Crippen LogP contribution < -0.4 is 11.5 Å². The molecule has 3 unspecified atom stereocenters. The average Bonchev–Trinajstić information content (AvgIpc) is 2.92. The minimum absolute atomic E-state index is 0.0905. The van der Waals surface area contributed by atoms with Crippen LogP contribution in [-0.4, -0.2) is 28.3 Å². The van der Waals surface area contributed by atoms with Gasteiger partial charge in [-0.25, -0.2) is 0 Å². The van der Waals surface area contributed by atoms with Crippen LogP contribution in [0.25, 0.3) is 0 Å². The summed E-state index contributed by atoms with van der Waals surface area (Å²) in [4.78, 5) is 5.16. The van der Waals surface area contributed by atoms with Crippen molar-refractivity contribution in [2.24, 2.45) is 11.5 Å². The normalized spacial score (nSPS) is 15.8. The van der Waals surface area contributed by atoms with Crippen LogP contribution >= 0.6 is 11.3 Å². The van der Waals surface area contributed by atoms with Gasteiger partial charge in [0.25, 0.3) is 0 Å². The van der Waals surface area contributed by atoms with E-state index in [0.717, 1.165) is 16.9 Å². The number of benzene rings is 1. The van der Waals surface area contributed by atoms with E-state index in [2.05, 4.69) is 4.98 Å². The zero-order valence-electron chi connectivity index (χ0n) is 11.4. The SMILES string of the molecule is NC(Cc1cncs1)CC(O)C(N)Cc1ccccc1. The number of hydrogen-bond acceptors (Lipinski definition) is 5. The van der Waals surface area contributed by atoms with Crippen molar-refractivity contribution in [3.63, 3.8) is 0 Å². The lowest BCUT2D eigenvalue weighted by molar-refractivity contribution is 0.126. The van der Waals surface area contributed by atoms with Crippen molar-refractivity contribution in [1.29, 1.82) is 0 Å². The molecule has 0 amide bonds. The maximum atomic E-state index is 10.2. The van der Waals surface area contributed by atoms with Crippen molar-refractivity contribution >= 4 is 11.3 Å². The van der Waals surface area contributed by atoms with Crippen LogP contribution in [0.15, 0.2) is 42.0 Å². The highest BCUT2D eigenvalue weighted by molar-refractivity contribution is 7.09. The van der Waals surface area contributed by atoms with Crippen LogP contribution in [0.5, 0.6) is 0 Å². The second kappa shape index (κ2) is 7.50. The topological polar surface area (TPSA) is 85.2 Å². The first kappa shape index (κ1) is 15.1. The Labute approximate surface area is 123 Å². The van der Waals surface area contributed by atoms with E-state index in [1.165, 1.54) is 0 Å². The molecule has 2 aromatic rings. The average molecular weight is 291 g/mol. The van der Waals surface area contributed by atoms with E-state index >= 15 is 0 Å². The molecule has 0 aliphatic heterocycles. The van der Waals surface area contributed by atoms with Gasteiger partial charge in [0.15, 0.2) is 0 Å². The van der Waals surface area contributed by atoms with Crippen molar-refractivity contribution in [3.05, 3.63) is 52.5 Å². The highest BCUT2D eigenvalue weighted by atomic mass is 32.1. The van der Waals surface area contributed by atoms with Crippen LogP contribution in [-0.2, 0) is 12.8 Å². The van der Waals surface area contributed by atoms with Crippen LogP contribution in [0.3, 0.4) is 0 Å². The maximum absolute atomic E-state index is 10.2. The molecule has 20 heavy (non-hydrogen) atoms. The first-order valence-electron chi connectivity index (χ1n) is 6.75. The number of aliphatic hydroxyl groups is 1. The quantitative estimate of drug-likeness (QED) is 0.718. The fourth-order valence-corrected chi connectivity index (χ4v) is 2.88. The summed E-state index contributed by atoms with van der Waals surface area (Å²) in [5.74, 6) is 0. The molecule has 1 aromatic heterocycles. The third kappa shape index (κ3) is 4.68. The van der Waals surface area contributed by atoms with Crippen molar-refractivity contribution < 1.29 is 5.11 Å². The summed E-state index contributed by atoms with van der Waals surface area (Å²) >= 11 is 1.59. The predicted octanol–water partition coefficient (Wildman–Crippen LogP) is 1.33. The Hall–Kier alpha value is -1.27. The first-order chi connectivity index (χ1) is 9.65. The summed E-state index contributed by atoms with van der Waals surface area (Å²) < 4.78 is 0. The Balaban J connectivity index is 1.80. The lowest BCUT2D eigenvalue weighted by Gasteiger charge is -2.22. The Kier molecular flexibility index (Phi) is 5.67. The van der Waals surface area contributed by atoms with E-state index in [0.29, 0.717) is 12.8 Å². The molecule has 5 N–H and O–H groups in total. The highest BCUT2D eigenvalue weighted by Gasteiger charge is 2.19. The van der Waals surface area contributed by atoms with Crippen molar-refractivity contribution in [2.45, 2.75) is 37.5 Å². The molecule has 0 fully saturated rings. The molecule has 0 aliphatic carbocycles. The molecule has 108 valence electrons. The van der Waals surface area contributed by atoms with Gasteiger partial charge in [0, 0.05) is 23.2 Å². The van der Waals surface area contributed by atoms with Gasteiger partial charge < -0.3 is 16.6 Å². The highest BCUT2D eigenvalue weighted by Crippen LogP contribution is 2.13. The van der Waals surface area contributed by atoms with Crippen molar-refractivity contribution in [3.8, 4) is 0 Å². The van der Waals surface area contributed by atoms with Gasteiger partial charge in [0.2, 0.25) is 0 Å². The molecule has 1 aromatic carbocycles. The minimum Gasteiger partial charge on any atom is -0.391 e. The molecule has 0 spiro atoms. The molecule has 1 heterocycles. The van der Waals surface area contributed by atoms with E-state index in [4.69, 9.17) is 11.5 Å². The van der Waals surface area contributed by atoms with Crippen LogP contribution in [0, 0.1) is 0 Å². The summed E-state index contributed by atoms with van der Waals surface area (Å²) in [5.41, 5.74) is 15.0. The van der Waals surface area contributed by atoms with E-state index in [9.17, 15) is 5.11 Å². The fraction of sp³-hybridized carbons (Fsp3) is 0.400. The van der Waals surface area contributed by atoms with E-state index < -0.39 is 6.10 Å². The molecule has 3 atom stereocenters. The van der Waals surface area contributed by atoms with Gasteiger partial charge in [0.1, 0.15) is 0 Å². The number of hydrogen-bond donors (Lipinski definition) is 3. The summed E-state index contributed by atoms with van der Waals surface area (Å²) in [5, 5.41) is 10.2. The summed E-state index contributed by atoms with van der Waals surface area (Å²) in [6, 6.07) is 9.58. The smallest absolute Gasteiger partial charge is 0.0794 e. The fourth-order valence-electron chi connectivity index (χ4n) is 2.19. The number of aliphatic hydroxyl groups excluding tert-OH is 1. The van der Waals surface area contributed by atoms with Crippen LogP contribution in [0.2, 0.25) is 0 Å². The number of nitrogens with two attached hydrogens (primary N) is 2. The van der Waals surface area contributed by atoms with E-state index in [1.54, 1.807) is 16.8 Å². The van der Waals surface area contributed by atoms with Gasteiger partial charge in [-0.15, -0.1) is 11.3 Å². The molecule has 5 heteroatoms. The number of aromatic nitrogens is 1. The number of rotatable bonds is 7. The summed E-state index contributed by atoms with van der Waals surface area (Å²) in [6.07, 6.45) is 3.14.